The van der Waals surface area contributed by atoms with Crippen molar-refractivity contribution in [3.63, 3.8) is 0 Å². The van der Waals surface area contributed by atoms with Crippen molar-refractivity contribution < 1.29 is 9.59 Å². The summed E-state index contributed by atoms with van der Waals surface area (Å²) in [5.74, 6) is -0.284. The zero-order valence-electron chi connectivity index (χ0n) is 11.8. The lowest BCUT2D eigenvalue weighted by atomic mass is 9.65. The van der Waals surface area contributed by atoms with E-state index in [1.807, 2.05) is 25.1 Å². The van der Waals surface area contributed by atoms with Gasteiger partial charge in [0.25, 0.3) is 0 Å². The Morgan fingerprint density at radius 2 is 1.80 bits per heavy atom. The first kappa shape index (κ1) is 13.2. The van der Waals surface area contributed by atoms with Gasteiger partial charge in [-0.1, -0.05) is 25.1 Å². The molecule has 0 bridgehead atoms. The molecule has 1 N–H and O–H groups in total. The molecule has 3 rings (SSSR count). The highest BCUT2D eigenvalue weighted by molar-refractivity contribution is 5.99. The van der Waals surface area contributed by atoms with Gasteiger partial charge in [0.15, 0.2) is 0 Å². The molecule has 106 valence electrons. The van der Waals surface area contributed by atoms with Crippen molar-refractivity contribution in [2.75, 3.05) is 18.0 Å². The van der Waals surface area contributed by atoms with Gasteiger partial charge in [0.2, 0.25) is 11.8 Å². The SMILES string of the molecule is CC1C(=O)NC(=O)CC12CCN(c1ccccc1)CC2. The number of imide groups is 1. The first-order chi connectivity index (χ1) is 9.61. The van der Waals surface area contributed by atoms with Crippen molar-refractivity contribution in [3.05, 3.63) is 30.3 Å². The Kier molecular flexibility index (Phi) is 3.24. The van der Waals surface area contributed by atoms with Crippen molar-refractivity contribution >= 4 is 17.5 Å². The normalized spacial score (nSPS) is 25.6. The fraction of sp³-hybridized carbons (Fsp3) is 0.500. The summed E-state index contributed by atoms with van der Waals surface area (Å²) in [7, 11) is 0. The number of hydrogen-bond acceptors (Lipinski definition) is 3. The standard InChI is InChI=1S/C16H20N2O2/c1-12-15(20)17-14(19)11-16(12)7-9-18(10-8-16)13-5-3-2-4-6-13/h2-6,12H,7-11H2,1H3,(H,17,19,20). The van der Waals surface area contributed by atoms with Crippen LogP contribution in [0.2, 0.25) is 0 Å². The monoisotopic (exact) mass is 272 g/mol. The van der Waals surface area contributed by atoms with Crippen LogP contribution >= 0.6 is 0 Å². The highest BCUT2D eigenvalue weighted by Gasteiger charge is 2.47. The Hall–Kier alpha value is -1.84. The van der Waals surface area contributed by atoms with Crippen LogP contribution in [0.25, 0.3) is 0 Å². The molecule has 20 heavy (non-hydrogen) atoms. The maximum atomic E-state index is 11.9. The quantitative estimate of drug-likeness (QED) is 0.795. The zero-order chi connectivity index (χ0) is 14.2. The van der Waals surface area contributed by atoms with Gasteiger partial charge in [-0.3, -0.25) is 14.9 Å². The fourth-order valence-corrected chi connectivity index (χ4v) is 3.50. The fourth-order valence-electron chi connectivity index (χ4n) is 3.50. The molecule has 2 aliphatic rings. The molecule has 4 heteroatoms. The highest BCUT2D eigenvalue weighted by Crippen LogP contribution is 2.44. The minimum atomic E-state index is -0.134. The predicted molar refractivity (Wildman–Crippen MR) is 77.3 cm³/mol. The maximum Gasteiger partial charge on any atom is 0.229 e. The summed E-state index contributed by atoms with van der Waals surface area (Å²) in [5.41, 5.74) is 1.09. The van der Waals surface area contributed by atoms with Crippen molar-refractivity contribution in [2.45, 2.75) is 26.2 Å². The molecular formula is C16H20N2O2. The smallest absolute Gasteiger partial charge is 0.229 e. The molecule has 1 spiro atoms. The second kappa shape index (κ2) is 4.93. The minimum absolute atomic E-state index is 0.0712. The number of para-hydroxylation sites is 1. The van der Waals surface area contributed by atoms with E-state index in [1.165, 1.54) is 5.69 Å². The molecule has 0 aromatic heterocycles. The van der Waals surface area contributed by atoms with E-state index in [0.29, 0.717) is 6.42 Å². The van der Waals surface area contributed by atoms with E-state index < -0.39 is 0 Å². The number of anilines is 1. The van der Waals surface area contributed by atoms with Gasteiger partial charge in [-0.15, -0.1) is 0 Å². The predicted octanol–water partition coefficient (Wildman–Crippen LogP) is 1.96. The largest absolute Gasteiger partial charge is 0.371 e. The highest BCUT2D eigenvalue weighted by atomic mass is 16.2. The molecule has 2 fully saturated rings. The van der Waals surface area contributed by atoms with E-state index in [1.54, 1.807) is 0 Å². The van der Waals surface area contributed by atoms with E-state index >= 15 is 0 Å². The third-order valence-corrected chi connectivity index (χ3v) is 4.97. The van der Waals surface area contributed by atoms with Crippen LogP contribution in [0.3, 0.4) is 0 Å². The second-order valence-corrected chi connectivity index (χ2v) is 6.00. The van der Waals surface area contributed by atoms with E-state index in [2.05, 4.69) is 22.3 Å². The Morgan fingerprint density at radius 1 is 1.15 bits per heavy atom. The molecule has 4 nitrogen and oxygen atoms in total. The van der Waals surface area contributed by atoms with E-state index in [-0.39, 0.29) is 23.1 Å². The summed E-state index contributed by atoms with van der Waals surface area (Å²) in [6, 6.07) is 10.3. The minimum Gasteiger partial charge on any atom is -0.371 e. The number of hydrogen-bond donors (Lipinski definition) is 1. The Bertz CT molecular complexity index is 519. The number of amides is 2. The van der Waals surface area contributed by atoms with Crippen LogP contribution in [0.4, 0.5) is 5.69 Å². The topological polar surface area (TPSA) is 49.4 Å². The van der Waals surface area contributed by atoms with Crippen LogP contribution in [-0.4, -0.2) is 24.9 Å². The third-order valence-electron chi connectivity index (χ3n) is 4.97. The van der Waals surface area contributed by atoms with Crippen LogP contribution in [0, 0.1) is 11.3 Å². The van der Waals surface area contributed by atoms with E-state index in [9.17, 15) is 9.59 Å². The molecular weight excluding hydrogens is 252 g/mol. The number of nitrogens with zero attached hydrogens (tertiary/aromatic N) is 1. The first-order valence-corrected chi connectivity index (χ1v) is 7.24. The number of nitrogens with one attached hydrogen (secondary N) is 1. The van der Waals surface area contributed by atoms with Gasteiger partial charge in [-0.2, -0.15) is 0 Å². The first-order valence-electron chi connectivity index (χ1n) is 7.24. The number of carbonyl (C=O) groups is 2. The van der Waals surface area contributed by atoms with E-state index in [0.717, 1.165) is 25.9 Å². The summed E-state index contributed by atoms with van der Waals surface area (Å²) < 4.78 is 0. The second-order valence-electron chi connectivity index (χ2n) is 6.00. The van der Waals surface area contributed by atoms with Crippen molar-refractivity contribution in [3.8, 4) is 0 Å². The summed E-state index contributed by atoms with van der Waals surface area (Å²) in [6.45, 7) is 3.78. The molecule has 0 saturated carbocycles. The molecule has 2 aliphatic heterocycles. The average molecular weight is 272 g/mol. The number of benzene rings is 1. The third kappa shape index (κ3) is 2.19. The van der Waals surface area contributed by atoms with Gasteiger partial charge < -0.3 is 4.90 Å². The number of piperidine rings is 2. The van der Waals surface area contributed by atoms with Gasteiger partial charge in [0.1, 0.15) is 0 Å². The number of carbonyl (C=O) groups excluding carboxylic acids is 2. The summed E-state index contributed by atoms with van der Waals surface area (Å²) >= 11 is 0. The lowest BCUT2D eigenvalue weighted by Gasteiger charge is -2.47. The maximum absolute atomic E-state index is 11.9. The molecule has 2 saturated heterocycles. The Balaban J connectivity index is 1.74. The van der Waals surface area contributed by atoms with Crippen LogP contribution in [-0.2, 0) is 9.59 Å². The zero-order valence-corrected chi connectivity index (χ0v) is 11.8. The van der Waals surface area contributed by atoms with Gasteiger partial charge >= 0.3 is 0 Å². The van der Waals surface area contributed by atoms with Crippen molar-refractivity contribution in [1.29, 1.82) is 0 Å². The average Bonchev–Trinajstić information content (AvgIpc) is 2.46. The van der Waals surface area contributed by atoms with Gasteiger partial charge in [0, 0.05) is 31.1 Å². The Labute approximate surface area is 119 Å². The molecule has 0 aliphatic carbocycles. The van der Waals surface area contributed by atoms with Gasteiger partial charge in [0.05, 0.1) is 0 Å². The van der Waals surface area contributed by atoms with Crippen molar-refractivity contribution in [1.82, 2.24) is 5.32 Å². The molecule has 1 aromatic rings. The Morgan fingerprint density at radius 3 is 2.45 bits per heavy atom. The van der Waals surface area contributed by atoms with Crippen molar-refractivity contribution in [2.24, 2.45) is 11.3 Å². The van der Waals surface area contributed by atoms with Gasteiger partial charge in [-0.25, -0.2) is 0 Å². The van der Waals surface area contributed by atoms with Crippen LogP contribution in [0.15, 0.2) is 30.3 Å². The molecule has 0 radical (unpaired) electrons. The molecule has 1 unspecified atom stereocenters. The molecule has 2 heterocycles. The van der Waals surface area contributed by atoms with E-state index in [4.69, 9.17) is 0 Å². The number of rotatable bonds is 1. The molecule has 2 amide bonds. The van der Waals surface area contributed by atoms with Crippen LogP contribution in [0.5, 0.6) is 0 Å². The van der Waals surface area contributed by atoms with Gasteiger partial charge in [-0.05, 0) is 30.4 Å². The lowest BCUT2D eigenvalue weighted by molar-refractivity contribution is -0.144. The summed E-state index contributed by atoms with van der Waals surface area (Å²) in [4.78, 5) is 25.9. The van der Waals surface area contributed by atoms with Crippen LogP contribution < -0.4 is 10.2 Å². The summed E-state index contributed by atoms with van der Waals surface area (Å²) in [6.07, 6.45) is 2.30. The molecule has 1 atom stereocenters. The summed E-state index contributed by atoms with van der Waals surface area (Å²) in [5, 5.41) is 2.45. The van der Waals surface area contributed by atoms with Crippen LogP contribution in [0.1, 0.15) is 26.2 Å². The lowest BCUT2D eigenvalue weighted by Crippen LogP contribution is -2.55. The molecule has 1 aromatic carbocycles.